The van der Waals surface area contributed by atoms with Gasteiger partial charge >= 0.3 is 0 Å². The van der Waals surface area contributed by atoms with Gasteiger partial charge in [0.25, 0.3) is 5.91 Å². The highest BCUT2D eigenvalue weighted by atomic mass is 35.5. The molecule has 1 heterocycles. The number of benzene rings is 1. The standard InChI is InChI=1S/C16H18ClNO2/c1-10(2)12-4-6-13(7-5-12)18-16(19)15-9-8-14(20-15)11(3)17/h4-11H,1-3H3,(H,18,19). The van der Waals surface area contributed by atoms with E-state index in [9.17, 15) is 4.79 Å². The summed E-state index contributed by atoms with van der Waals surface area (Å²) in [4.78, 5) is 12.0. The summed E-state index contributed by atoms with van der Waals surface area (Å²) in [6.07, 6.45) is 0. The predicted octanol–water partition coefficient (Wildman–Crippen LogP) is 4.96. The molecule has 2 rings (SSSR count). The number of anilines is 1. The second-order valence-electron chi connectivity index (χ2n) is 5.05. The van der Waals surface area contributed by atoms with Crippen molar-refractivity contribution in [1.29, 1.82) is 0 Å². The second kappa shape index (κ2) is 6.14. The van der Waals surface area contributed by atoms with Crippen LogP contribution in [0.2, 0.25) is 0 Å². The maximum atomic E-state index is 12.0. The number of hydrogen-bond acceptors (Lipinski definition) is 2. The monoisotopic (exact) mass is 291 g/mol. The molecule has 1 amide bonds. The van der Waals surface area contributed by atoms with Crippen LogP contribution >= 0.6 is 11.6 Å². The molecule has 1 atom stereocenters. The number of hydrogen-bond donors (Lipinski definition) is 1. The maximum Gasteiger partial charge on any atom is 0.291 e. The summed E-state index contributed by atoms with van der Waals surface area (Å²) in [6, 6.07) is 11.1. The van der Waals surface area contributed by atoms with E-state index in [0.29, 0.717) is 11.7 Å². The minimum atomic E-state index is -0.272. The van der Waals surface area contributed by atoms with Crippen LogP contribution in [0.4, 0.5) is 5.69 Å². The number of nitrogens with one attached hydrogen (secondary N) is 1. The molecule has 0 saturated carbocycles. The van der Waals surface area contributed by atoms with Crippen LogP contribution in [0.1, 0.15) is 53.9 Å². The largest absolute Gasteiger partial charge is 0.454 e. The molecule has 0 aliphatic carbocycles. The van der Waals surface area contributed by atoms with E-state index in [0.717, 1.165) is 5.69 Å². The van der Waals surface area contributed by atoms with E-state index < -0.39 is 0 Å². The topological polar surface area (TPSA) is 42.2 Å². The minimum Gasteiger partial charge on any atom is -0.454 e. The molecule has 1 aromatic heterocycles. The Morgan fingerprint density at radius 3 is 2.25 bits per heavy atom. The second-order valence-corrected chi connectivity index (χ2v) is 5.70. The molecule has 0 bridgehead atoms. The number of furan rings is 1. The van der Waals surface area contributed by atoms with Crippen molar-refractivity contribution in [1.82, 2.24) is 0 Å². The third-order valence-corrected chi connectivity index (χ3v) is 3.29. The summed E-state index contributed by atoms with van der Waals surface area (Å²) in [5, 5.41) is 2.55. The van der Waals surface area contributed by atoms with Crippen LogP contribution in [0.3, 0.4) is 0 Å². The van der Waals surface area contributed by atoms with Crippen LogP contribution in [-0.2, 0) is 0 Å². The number of carbonyl (C=O) groups excluding carboxylic acids is 1. The van der Waals surface area contributed by atoms with E-state index in [4.69, 9.17) is 16.0 Å². The zero-order chi connectivity index (χ0) is 14.7. The molecule has 106 valence electrons. The molecule has 2 aromatic rings. The molecule has 1 unspecified atom stereocenters. The van der Waals surface area contributed by atoms with Crippen molar-refractivity contribution in [2.75, 3.05) is 5.32 Å². The fraction of sp³-hybridized carbons (Fsp3) is 0.312. The summed E-state index contributed by atoms with van der Waals surface area (Å²) >= 11 is 5.90. The van der Waals surface area contributed by atoms with E-state index >= 15 is 0 Å². The number of halogens is 1. The number of amides is 1. The average molecular weight is 292 g/mol. The van der Waals surface area contributed by atoms with Crippen LogP contribution in [-0.4, -0.2) is 5.91 Å². The average Bonchev–Trinajstić information content (AvgIpc) is 2.89. The van der Waals surface area contributed by atoms with E-state index in [-0.39, 0.29) is 17.0 Å². The number of carbonyl (C=O) groups is 1. The fourth-order valence-corrected chi connectivity index (χ4v) is 1.95. The van der Waals surface area contributed by atoms with Crippen molar-refractivity contribution in [3.05, 3.63) is 53.5 Å². The smallest absolute Gasteiger partial charge is 0.291 e. The summed E-state index contributed by atoms with van der Waals surface area (Å²) in [6.45, 7) is 6.06. The molecular formula is C16H18ClNO2. The molecule has 0 aliphatic rings. The lowest BCUT2D eigenvalue weighted by molar-refractivity contribution is 0.0995. The van der Waals surface area contributed by atoms with Gasteiger partial charge in [0.05, 0.1) is 5.38 Å². The molecule has 1 N–H and O–H groups in total. The van der Waals surface area contributed by atoms with Gasteiger partial charge in [0.15, 0.2) is 5.76 Å². The van der Waals surface area contributed by atoms with Crippen LogP contribution in [0.5, 0.6) is 0 Å². The highest BCUT2D eigenvalue weighted by Gasteiger charge is 2.13. The normalized spacial score (nSPS) is 12.4. The third-order valence-electron chi connectivity index (χ3n) is 3.08. The Balaban J connectivity index is 2.06. The molecule has 0 spiro atoms. The van der Waals surface area contributed by atoms with Crippen molar-refractivity contribution < 1.29 is 9.21 Å². The summed E-state index contributed by atoms with van der Waals surface area (Å²) in [5.41, 5.74) is 1.98. The van der Waals surface area contributed by atoms with Gasteiger partial charge in [0.1, 0.15) is 5.76 Å². The van der Waals surface area contributed by atoms with Crippen LogP contribution in [0.15, 0.2) is 40.8 Å². The van der Waals surface area contributed by atoms with Crippen molar-refractivity contribution in [2.24, 2.45) is 0 Å². The van der Waals surface area contributed by atoms with E-state index in [1.165, 1.54) is 5.56 Å². The Bertz CT molecular complexity index is 585. The van der Waals surface area contributed by atoms with Gasteiger partial charge in [0, 0.05) is 5.69 Å². The van der Waals surface area contributed by atoms with Crippen LogP contribution < -0.4 is 5.32 Å². The fourth-order valence-electron chi connectivity index (χ4n) is 1.83. The van der Waals surface area contributed by atoms with Gasteiger partial charge in [-0.15, -0.1) is 11.6 Å². The van der Waals surface area contributed by atoms with Crippen LogP contribution in [0, 0.1) is 0 Å². The third kappa shape index (κ3) is 3.42. The number of alkyl halides is 1. The van der Waals surface area contributed by atoms with Crippen molar-refractivity contribution in [3.8, 4) is 0 Å². The highest BCUT2D eigenvalue weighted by molar-refractivity contribution is 6.20. The van der Waals surface area contributed by atoms with E-state index in [2.05, 4.69) is 19.2 Å². The lowest BCUT2D eigenvalue weighted by atomic mass is 10.0. The minimum absolute atomic E-state index is 0.248. The molecule has 0 saturated heterocycles. The zero-order valence-electron chi connectivity index (χ0n) is 11.8. The Labute approximate surface area is 123 Å². The summed E-state index contributed by atoms with van der Waals surface area (Å²) < 4.78 is 5.40. The molecule has 4 heteroatoms. The first-order valence-corrected chi connectivity index (χ1v) is 7.06. The predicted molar refractivity (Wildman–Crippen MR) is 81.5 cm³/mol. The number of rotatable bonds is 4. The molecule has 0 aliphatic heterocycles. The lowest BCUT2D eigenvalue weighted by Crippen LogP contribution is -2.10. The molecular weight excluding hydrogens is 274 g/mol. The molecule has 20 heavy (non-hydrogen) atoms. The zero-order valence-corrected chi connectivity index (χ0v) is 12.6. The van der Waals surface area contributed by atoms with Gasteiger partial charge < -0.3 is 9.73 Å². The van der Waals surface area contributed by atoms with Gasteiger partial charge in [-0.1, -0.05) is 26.0 Å². The first kappa shape index (κ1) is 14.7. The molecule has 3 nitrogen and oxygen atoms in total. The highest BCUT2D eigenvalue weighted by Crippen LogP contribution is 2.22. The van der Waals surface area contributed by atoms with Gasteiger partial charge in [-0.2, -0.15) is 0 Å². The maximum absolute atomic E-state index is 12.0. The van der Waals surface area contributed by atoms with Crippen molar-refractivity contribution in [3.63, 3.8) is 0 Å². The summed E-state index contributed by atoms with van der Waals surface area (Å²) in [5.74, 6) is 1.05. The van der Waals surface area contributed by atoms with Crippen molar-refractivity contribution >= 4 is 23.2 Å². The lowest BCUT2D eigenvalue weighted by Gasteiger charge is -2.07. The van der Waals surface area contributed by atoms with Gasteiger partial charge in [0.2, 0.25) is 0 Å². The van der Waals surface area contributed by atoms with Crippen molar-refractivity contribution in [2.45, 2.75) is 32.1 Å². The van der Waals surface area contributed by atoms with Crippen LogP contribution in [0.25, 0.3) is 0 Å². The van der Waals surface area contributed by atoms with E-state index in [1.807, 2.05) is 24.3 Å². The SMILES string of the molecule is CC(C)c1ccc(NC(=O)c2ccc(C(C)Cl)o2)cc1. The van der Waals surface area contributed by atoms with Gasteiger partial charge in [-0.05, 0) is 42.7 Å². The van der Waals surface area contributed by atoms with Gasteiger partial charge in [-0.3, -0.25) is 4.79 Å². The Morgan fingerprint density at radius 1 is 1.10 bits per heavy atom. The molecule has 0 radical (unpaired) electrons. The first-order chi connectivity index (χ1) is 9.47. The Hall–Kier alpha value is -1.74. The first-order valence-electron chi connectivity index (χ1n) is 6.62. The molecule has 1 aromatic carbocycles. The Morgan fingerprint density at radius 2 is 1.75 bits per heavy atom. The molecule has 0 fully saturated rings. The van der Waals surface area contributed by atoms with E-state index in [1.54, 1.807) is 19.1 Å². The van der Waals surface area contributed by atoms with Gasteiger partial charge in [-0.25, -0.2) is 0 Å². The Kier molecular flexibility index (Phi) is 4.50. The quantitative estimate of drug-likeness (QED) is 0.809. The summed E-state index contributed by atoms with van der Waals surface area (Å²) in [7, 11) is 0.